The Morgan fingerprint density at radius 2 is 2.05 bits per heavy atom. The smallest absolute Gasteiger partial charge is 0.229 e. The SMILES string of the molecule is Cc1ccc(Nc2nccc(NCCN(C)C)n2)cc1Br. The Labute approximate surface area is 133 Å². The van der Waals surface area contributed by atoms with Gasteiger partial charge >= 0.3 is 0 Å². The van der Waals surface area contributed by atoms with Crippen LogP contribution in [0.5, 0.6) is 0 Å². The number of likely N-dealkylation sites (N-methyl/N-ethyl adjacent to an activating group) is 1. The molecule has 0 fully saturated rings. The molecule has 0 bridgehead atoms. The largest absolute Gasteiger partial charge is 0.369 e. The molecule has 0 atom stereocenters. The molecule has 2 N–H and O–H groups in total. The number of halogens is 1. The average molecular weight is 350 g/mol. The summed E-state index contributed by atoms with van der Waals surface area (Å²) in [5.41, 5.74) is 2.15. The zero-order valence-electron chi connectivity index (χ0n) is 12.5. The fourth-order valence-electron chi connectivity index (χ4n) is 1.72. The molecule has 2 rings (SSSR count). The molecular formula is C15H20BrN5. The van der Waals surface area contributed by atoms with Crippen molar-refractivity contribution in [1.82, 2.24) is 14.9 Å². The Morgan fingerprint density at radius 3 is 2.76 bits per heavy atom. The van der Waals surface area contributed by atoms with Gasteiger partial charge in [0.05, 0.1) is 0 Å². The molecule has 1 aromatic carbocycles. The lowest BCUT2D eigenvalue weighted by atomic mass is 10.2. The molecule has 0 saturated heterocycles. The van der Waals surface area contributed by atoms with Crippen molar-refractivity contribution < 1.29 is 0 Å². The third-order valence-electron chi connectivity index (χ3n) is 2.95. The number of nitrogens with one attached hydrogen (secondary N) is 2. The molecule has 2 aromatic rings. The highest BCUT2D eigenvalue weighted by atomic mass is 79.9. The van der Waals surface area contributed by atoms with Crippen LogP contribution in [0.3, 0.4) is 0 Å². The van der Waals surface area contributed by atoms with Gasteiger partial charge in [-0.1, -0.05) is 22.0 Å². The standard InChI is InChI=1S/C15H20BrN5/c1-11-4-5-12(10-13(11)16)19-15-18-7-6-14(20-15)17-8-9-21(2)3/h4-7,10H,8-9H2,1-3H3,(H2,17,18,19,20). The van der Waals surface area contributed by atoms with E-state index in [9.17, 15) is 0 Å². The summed E-state index contributed by atoms with van der Waals surface area (Å²) in [4.78, 5) is 10.8. The van der Waals surface area contributed by atoms with Crippen LogP contribution < -0.4 is 10.6 Å². The Bertz CT molecular complexity index is 600. The van der Waals surface area contributed by atoms with E-state index in [-0.39, 0.29) is 0 Å². The van der Waals surface area contributed by atoms with E-state index in [1.807, 2.05) is 38.4 Å². The zero-order chi connectivity index (χ0) is 15.2. The molecule has 0 amide bonds. The van der Waals surface area contributed by atoms with Crippen molar-refractivity contribution in [3.8, 4) is 0 Å². The Balaban J connectivity index is 2.01. The summed E-state index contributed by atoms with van der Waals surface area (Å²) in [6.07, 6.45) is 1.75. The maximum Gasteiger partial charge on any atom is 0.229 e. The van der Waals surface area contributed by atoms with Crippen molar-refractivity contribution in [2.75, 3.05) is 37.8 Å². The normalized spacial score (nSPS) is 10.7. The van der Waals surface area contributed by atoms with Crippen LogP contribution in [-0.4, -0.2) is 42.1 Å². The van der Waals surface area contributed by atoms with Crippen LogP contribution in [0.4, 0.5) is 17.5 Å². The first-order valence-electron chi connectivity index (χ1n) is 6.79. The maximum absolute atomic E-state index is 4.45. The summed E-state index contributed by atoms with van der Waals surface area (Å²) in [5, 5.41) is 6.49. The van der Waals surface area contributed by atoms with Crippen LogP contribution >= 0.6 is 15.9 Å². The van der Waals surface area contributed by atoms with Crippen molar-refractivity contribution in [3.63, 3.8) is 0 Å². The minimum Gasteiger partial charge on any atom is -0.369 e. The van der Waals surface area contributed by atoms with Crippen LogP contribution in [0.1, 0.15) is 5.56 Å². The first kappa shape index (κ1) is 15.7. The fraction of sp³-hybridized carbons (Fsp3) is 0.333. The lowest BCUT2D eigenvalue weighted by molar-refractivity contribution is 0.425. The van der Waals surface area contributed by atoms with Crippen LogP contribution in [0.2, 0.25) is 0 Å². The van der Waals surface area contributed by atoms with Gasteiger partial charge in [-0.3, -0.25) is 0 Å². The highest BCUT2D eigenvalue weighted by Crippen LogP contribution is 2.22. The molecule has 21 heavy (non-hydrogen) atoms. The lowest BCUT2D eigenvalue weighted by Crippen LogP contribution is -2.21. The topological polar surface area (TPSA) is 53.1 Å². The second-order valence-corrected chi connectivity index (χ2v) is 5.94. The number of aromatic nitrogens is 2. The molecule has 0 saturated carbocycles. The second-order valence-electron chi connectivity index (χ2n) is 5.08. The lowest BCUT2D eigenvalue weighted by Gasteiger charge is -2.11. The summed E-state index contributed by atoms with van der Waals surface area (Å²) >= 11 is 3.52. The monoisotopic (exact) mass is 349 g/mol. The van der Waals surface area contributed by atoms with E-state index >= 15 is 0 Å². The molecule has 5 nitrogen and oxygen atoms in total. The molecule has 112 valence electrons. The molecule has 0 spiro atoms. The number of hydrogen-bond donors (Lipinski definition) is 2. The summed E-state index contributed by atoms with van der Waals surface area (Å²) < 4.78 is 1.06. The van der Waals surface area contributed by atoms with E-state index in [0.29, 0.717) is 5.95 Å². The molecule has 1 aromatic heterocycles. The van der Waals surface area contributed by atoms with Gasteiger partial charge in [-0.15, -0.1) is 0 Å². The van der Waals surface area contributed by atoms with Crippen LogP contribution in [0.15, 0.2) is 34.9 Å². The van der Waals surface area contributed by atoms with E-state index in [4.69, 9.17) is 0 Å². The van der Waals surface area contributed by atoms with Crippen molar-refractivity contribution in [2.45, 2.75) is 6.92 Å². The van der Waals surface area contributed by atoms with E-state index in [2.05, 4.69) is 48.4 Å². The van der Waals surface area contributed by atoms with E-state index in [0.717, 1.165) is 29.1 Å². The fourth-order valence-corrected chi connectivity index (χ4v) is 2.10. The quantitative estimate of drug-likeness (QED) is 0.838. The van der Waals surface area contributed by atoms with Crippen LogP contribution in [-0.2, 0) is 0 Å². The van der Waals surface area contributed by atoms with E-state index in [1.165, 1.54) is 5.56 Å². The first-order chi connectivity index (χ1) is 10.0. The van der Waals surface area contributed by atoms with Gasteiger partial charge in [0, 0.05) is 29.4 Å². The summed E-state index contributed by atoms with van der Waals surface area (Å²) in [7, 11) is 4.09. The molecule has 0 radical (unpaired) electrons. The van der Waals surface area contributed by atoms with Crippen LogP contribution in [0, 0.1) is 6.92 Å². The molecular weight excluding hydrogens is 330 g/mol. The first-order valence-corrected chi connectivity index (χ1v) is 7.59. The summed E-state index contributed by atoms with van der Waals surface area (Å²) in [6.45, 7) is 3.86. The van der Waals surface area contributed by atoms with Gasteiger partial charge in [-0.25, -0.2) is 4.98 Å². The van der Waals surface area contributed by atoms with Gasteiger partial charge in [-0.2, -0.15) is 4.98 Å². The number of anilines is 3. The van der Waals surface area contributed by atoms with Gasteiger partial charge < -0.3 is 15.5 Å². The molecule has 0 aliphatic heterocycles. The van der Waals surface area contributed by atoms with Gasteiger partial charge in [0.15, 0.2) is 0 Å². The van der Waals surface area contributed by atoms with Gasteiger partial charge in [-0.05, 0) is 44.8 Å². The highest BCUT2D eigenvalue weighted by molar-refractivity contribution is 9.10. The number of benzene rings is 1. The van der Waals surface area contributed by atoms with E-state index in [1.54, 1.807) is 6.20 Å². The zero-order valence-corrected chi connectivity index (χ0v) is 14.1. The molecule has 0 unspecified atom stereocenters. The Hall–Kier alpha value is -1.66. The average Bonchev–Trinajstić information content (AvgIpc) is 2.43. The second kappa shape index (κ2) is 7.38. The molecule has 1 heterocycles. The van der Waals surface area contributed by atoms with Gasteiger partial charge in [0.25, 0.3) is 0 Å². The van der Waals surface area contributed by atoms with Gasteiger partial charge in [0.1, 0.15) is 5.82 Å². The Morgan fingerprint density at radius 1 is 1.24 bits per heavy atom. The minimum absolute atomic E-state index is 0.584. The van der Waals surface area contributed by atoms with Crippen molar-refractivity contribution >= 4 is 33.4 Å². The Kier molecular flexibility index (Phi) is 5.52. The van der Waals surface area contributed by atoms with E-state index < -0.39 is 0 Å². The number of rotatable bonds is 6. The minimum atomic E-state index is 0.584. The molecule has 6 heteroatoms. The van der Waals surface area contributed by atoms with Crippen molar-refractivity contribution in [1.29, 1.82) is 0 Å². The number of hydrogen-bond acceptors (Lipinski definition) is 5. The molecule has 0 aliphatic carbocycles. The molecule has 0 aliphatic rings. The highest BCUT2D eigenvalue weighted by Gasteiger charge is 2.02. The summed E-state index contributed by atoms with van der Waals surface area (Å²) in [6, 6.07) is 7.94. The predicted octanol–water partition coefficient (Wildman–Crippen LogP) is 3.26. The third kappa shape index (κ3) is 4.99. The van der Waals surface area contributed by atoms with Gasteiger partial charge in [0.2, 0.25) is 5.95 Å². The van der Waals surface area contributed by atoms with Crippen molar-refractivity contribution in [3.05, 3.63) is 40.5 Å². The number of nitrogens with zero attached hydrogens (tertiary/aromatic N) is 3. The predicted molar refractivity (Wildman–Crippen MR) is 91.2 cm³/mol. The summed E-state index contributed by atoms with van der Waals surface area (Å²) in [5.74, 6) is 1.40. The maximum atomic E-state index is 4.45. The third-order valence-corrected chi connectivity index (χ3v) is 3.80. The van der Waals surface area contributed by atoms with Crippen LogP contribution in [0.25, 0.3) is 0 Å². The number of aryl methyl sites for hydroxylation is 1. The van der Waals surface area contributed by atoms with Crippen molar-refractivity contribution in [2.24, 2.45) is 0 Å².